The van der Waals surface area contributed by atoms with E-state index in [1.807, 2.05) is 34.6 Å². The van der Waals surface area contributed by atoms with Crippen LogP contribution in [0.2, 0.25) is 5.02 Å². The smallest absolute Gasteiger partial charge is 0.411 e. The van der Waals surface area contributed by atoms with Crippen LogP contribution in [0, 0.1) is 0 Å². The number of rotatable bonds is 4. The molecule has 1 fully saturated rings. The van der Waals surface area contributed by atoms with Gasteiger partial charge in [0.2, 0.25) is 0 Å². The van der Waals surface area contributed by atoms with Gasteiger partial charge in [0.15, 0.2) is 11.4 Å². The predicted molar refractivity (Wildman–Crippen MR) is 106 cm³/mol. The van der Waals surface area contributed by atoms with E-state index in [2.05, 4.69) is 10.1 Å². The molecular weight excluding hydrogens is 398 g/mol. The van der Waals surface area contributed by atoms with Gasteiger partial charge in [0.1, 0.15) is 17.4 Å². The van der Waals surface area contributed by atoms with Crippen LogP contribution in [-0.2, 0) is 15.1 Å². The fourth-order valence-corrected chi connectivity index (χ4v) is 3.02. The SMILES string of the molecule is CC(C)(C)OC(=O)N1CCOCC1c1noc(C(C)(C)Oc2cccc(Cl)c2)n1. The molecule has 0 N–H and O–H groups in total. The average molecular weight is 424 g/mol. The summed E-state index contributed by atoms with van der Waals surface area (Å²) < 4.78 is 22.5. The summed E-state index contributed by atoms with van der Waals surface area (Å²) in [6.07, 6.45) is -0.438. The second kappa shape index (κ2) is 8.20. The number of ether oxygens (including phenoxy) is 3. The quantitative estimate of drug-likeness (QED) is 0.722. The molecule has 1 aromatic heterocycles. The summed E-state index contributed by atoms with van der Waals surface area (Å²) in [5, 5.41) is 4.64. The van der Waals surface area contributed by atoms with E-state index in [1.54, 1.807) is 29.2 Å². The molecule has 2 heterocycles. The Kier molecular flexibility index (Phi) is 6.05. The highest BCUT2D eigenvalue weighted by atomic mass is 35.5. The number of hydrogen-bond donors (Lipinski definition) is 0. The zero-order valence-electron chi connectivity index (χ0n) is 17.3. The van der Waals surface area contributed by atoms with E-state index in [-0.39, 0.29) is 12.5 Å². The molecule has 2 aromatic rings. The molecule has 1 saturated heterocycles. The van der Waals surface area contributed by atoms with Crippen molar-refractivity contribution < 1.29 is 23.5 Å². The highest BCUT2D eigenvalue weighted by Crippen LogP contribution is 2.30. The molecule has 0 saturated carbocycles. The molecule has 0 bridgehead atoms. The van der Waals surface area contributed by atoms with E-state index in [1.165, 1.54) is 0 Å². The molecule has 8 nitrogen and oxygen atoms in total. The Morgan fingerprint density at radius 2 is 2.03 bits per heavy atom. The van der Waals surface area contributed by atoms with Gasteiger partial charge in [-0.3, -0.25) is 4.90 Å². The van der Waals surface area contributed by atoms with Crippen LogP contribution in [0.3, 0.4) is 0 Å². The van der Waals surface area contributed by atoms with Crippen molar-refractivity contribution in [3.05, 3.63) is 41.0 Å². The van der Waals surface area contributed by atoms with Gasteiger partial charge < -0.3 is 18.7 Å². The predicted octanol–water partition coefficient (Wildman–Crippen LogP) is 4.35. The number of nitrogens with zero attached hydrogens (tertiary/aromatic N) is 3. The van der Waals surface area contributed by atoms with E-state index in [4.69, 9.17) is 30.3 Å². The van der Waals surface area contributed by atoms with Crippen LogP contribution >= 0.6 is 11.6 Å². The number of aromatic nitrogens is 2. The van der Waals surface area contributed by atoms with Crippen LogP contribution in [0.1, 0.15) is 52.4 Å². The van der Waals surface area contributed by atoms with Crippen LogP contribution in [0.15, 0.2) is 28.8 Å². The number of carbonyl (C=O) groups is 1. The van der Waals surface area contributed by atoms with Gasteiger partial charge >= 0.3 is 6.09 Å². The first-order chi connectivity index (χ1) is 13.5. The Bertz CT molecular complexity index is 862. The Morgan fingerprint density at radius 1 is 1.28 bits per heavy atom. The van der Waals surface area contributed by atoms with Crippen molar-refractivity contribution in [3.8, 4) is 5.75 Å². The maximum absolute atomic E-state index is 12.6. The third-order valence-electron chi connectivity index (χ3n) is 4.18. The summed E-state index contributed by atoms with van der Waals surface area (Å²) >= 11 is 6.02. The van der Waals surface area contributed by atoms with E-state index >= 15 is 0 Å². The molecule has 9 heteroatoms. The number of carbonyl (C=O) groups excluding carboxylic acids is 1. The van der Waals surface area contributed by atoms with Gasteiger partial charge in [-0.05, 0) is 52.8 Å². The van der Waals surface area contributed by atoms with E-state index < -0.39 is 23.3 Å². The van der Waals surface area contributed by atoms with Gasteiger partial charge in [-0.15, -0.1) is 0 Å². The molecule has 0 aliphatic carbocycles. The monoisotopic (exact) mass is 423 g/mol. The van der Waals surface area contributed by atoms with Crippen LogP contribution in [0.4, 0.5) is 4.79 Å². The Labute approximate surface area is 175 Å². The molecule has 1 amide bonds. The minimum Gasteiger partial charge on any atom is -0.478 e. The molecule has 0 radical (unpaired) electrons. The maximum atomic E-state index is 12.6. The molecule has 1 aromatic carbocycles. The highest BCUT2D eigenvalue weighted by Gasteiger charge is 2.37. The van der Waals surface area contributed by atoms with Gasteiger partial charge in [0.05, 0.1) is 13.2 Å². The van der Waals surface area contributed by atoms with E-state index in [0.29, 0.717) is 29.7 Å². The standard InChI is InChI=1S/C20H26ClN3O5/c1-19(2,3)28-18(25)24-9-10-26-12-15(24)16-22-17(29-23-16)20(4,5)27-14-8-6-7-13(21)11-14/h6-8,11,15H,9-10,12H2,1-5H3. The average Bonchev–Trinajstić information content (AvgIpc) is 3.11. The Hall–Kier alpha value is -2.32. The lowest BCUT2D eigenvalue weighted by molar-refractivity contribution is -0.0354. The van der Waals surface area contributed by atoms with Gasteiger partial charge in [-0.1, -0.05) is 22.8 Å². The normalized spacial score (nSPS) is 17.9. The second-order valence-electron chi connectivity index (χ2n) is 8.29. The number of amides is 1. The first kappa shape index (κ1) is 21.4. The second-order valence-corrected chi connectivity index (χ2v) is 8.73. The topological polar surface area (TPSA) is 86.9 Å². The maximum Gasteiger partial charge on any atom is 0.411 e. The van der Waals surface area contributed by atoms with Crippen molar-refractivity contribution in [1.29, 1.82) is 0 Å². The zero-order chi connectivity index (χ0) is 21.2. The summed E-state index contributed by atoms with van der Waals surface area (Å²) in [6, 6.07) is 6.56. The van der Waals surface area contributed by atoms with Crippen LogP contribution in [0.25, 0.3) is 0 Å². The van der Waals surface area contributed by atoms with Gasteiger partial charge in [0.25, 0.3) is 5.89 Å². The van der Waals surface area contributed by atoms with Crippen molar-refractivity contribution in [1.82, 2.24) is 15.0 Å². The lowest BCUT2D eigenvalue weighted by atomic mass is 10.1. The molecule has 29 heavy (non-hydrogen) atoms. The van der Waals surface area contributed by atoms with Gasteiger partial charge in [-0.25, -0.2) is 4.79 Å². The van der Waals surface area contributed by atoms with Crippen molar-refractivity contribution >= 4 is 17.7 Å². The molecule has 1 unspecified atom stereocenters. The Balaban J connectivity index is 1.78. The number of benzene rings is 1. The van der Waals surface area contributed by atoms with Crippen molar-refractivity contribution in [2.24, 2.45) is 0 Å². The van der Waals surface area contributed by atoms with Crippen LogP contribution in [0.5, 0.6) is 5.75 Å². The number of hydrogen-bond acceptors (Lipinski definition) is 7. The van der Waals surface area contributed by atoms with Crippen molar-refractivity contribution in [2.45, 2.75) is 51.9 Å². The summed E-state index contributed by atoms with van der Waals surface area (Å²) in [4.78, 5) is 18.7. The van der Waals surface area contributed by atoms with Crippen LogP contribution < -0.4 is 4.74 Å². The van der Waals surface area contributed by atoms with Crippen molar-refractivity contribution in [2.75, 3.05) is 19.8 Å². The van der Waals surface area contributed by atoms with Crippen LogP contribution in [-0.4, -0.2) is 46.5 Å². The lowest BCUT2D eigenvalue weighted by Gasteiger charge is -2.34. The largest absolute Gasteiger partial charge is 0.478 e. The fraction of sp³-hybridized carbons (Fsp3) is 0.550. The van der Waals surface area contributed by atoms with Gasteiger partial charge in [0, 0.05) is 11.6 Å². The summed E-state index contributed by atoms with van der Waals surface area (Å²) in [6.45, 7) is 10.2. The molecule has 1 aliphatic heterocycles. The van der Waals surface area contributed by atoms with Gasteiger partial charge in [-0.2, -0.15) is 4.98 Å². The third kappa shape index (κ3) is 5.39. The summed E-state index contributed by atoms with van der Waals surface area (Å²) in [5.74, 6) is 1.20. The lowest BCUT2D eigenvalue weighted by Crippen LogP contribution is -2.46. The van der Waals surface area contributed by atoms with Crippen molar-refractivity contribution in [3.63, 3.8) is 0 Å². The summed E-state index contributed by atoms with van der Waals surface area (Å²) in [7, 11) is 0. The molecule has 158 valence electrons. The number of morpholine rings is 1. The molecule has 0 spiro atoms. The summed E-state index contributed by atoms with van der Waals surface area (Å²) in [5.41, 5.74) is -1.50. The zero-order valence-corrected chi connectivity index (χ0v) is 18.0. The first-order valence-electron chi connectivity index (χ1n) is 9.41. The minimum absolute atomic E-state index is 0.258. The van der Waals surface area contributed by atoms with E-state index in [9.17, 15) is 4.79 Å². The Morgan fingerprint density at radius 3 is 2.72 bits per heavy atom. The van der Waals surface area contributed by atoms with E-state index in [0.717, 1.165) is 0 Å². The molecule has 3 rings (SSSR count). The molecular formula is C20H26ClN3O5. The number of halogens is 1. The highest BCUT2D eigenvalue weighted by molar-refractivity contribution is 6.30. The molecule has 1 atom stereocenters. The minimum atomic E-state index is -0.901. The fourth-order valence-electron chi connectivity index (χ4n) is 2.84. The third-order valence-corrected chi connectivity index (χ3v) is 4.42. The first-order valence-corrected chi connectivity index (χ1v) is 9.79. The molecule has 1 aliphatic rings.